The van der Waals surface area contributed by atoms with Gasteiger partial charge in [-0.25, -0.2) is 0 Å². The summed E-state index contributed by atoms with van der Waals surface area (Å²) in [6.45, 7) is 2.60. The number of aryl methyl sites for hydroxylation is 1. The molecule has 78 valence electrons. The first-order chi connectivity index (χ1) is 6.84. The van der Waals surface area contributed by atoms with Gasteiger partial charge in [-0.05, 0) is 18.9 Å². The number of hydrogen-bond donors (Lipinski definition) is 1. The second-order valence-corrected chi connectivity index (χ2v) is 3.78. The Morgan fingerprint density at radius 3 is 3.29 bits per heavy atom. The molecule has 14 heavy (non-hydrogen) atoms. The number of hydrogen-bond acceptors (Lipinski definition) is 3. The third kappa shape index (κ3) is 2.56. The predicted molar refractivity (Wildman–Crippen MR) is 53.9 cm³/mol. The van der Waals surface area contributed by atoms with Crippen molar-refractivity contribution in [2.75, 3.05) is 13.2 Å². The van der Waals surface area contributed by atoms with Crippen molar-refractivity contribution in [3.8, 4) is 0 Å². The monoisotopic (exact) mass is 195 g/mol. The molecule has 4 nitrogen and oxygen atoms in total. The second kappa shape index (κ2) is 4.57. The van der Waals surface area contributed by atoms with E-state index in [1.807, 2.05) is 24.0 Å². The summed E-state index contributed by atoms with van der Waals surface area (Å²) in [5.74, 6) is 0. The van der Waals surface area contributed by atoms with Gasteiger partial charge in [0.2, 0.25) is 0 Å². The van der Waals surface area contributed by atoms with Crippen molar-refractivity contribution in [2.45, 2.75) is 25.4 Å². The van der Waals surface area contributed by atoms with Gasteiger partial charge in [0.25, 0.3) is 0 Å². The van der Waals surface area contributed by atoms with Crippen molar-refractivity contribution in [3.63, 3.8) is 0 Å². The van der Waals surface area contributed by atoms with E-state index < -0.39 is 0 Å². The summed E-state index contributed by atoms with van der Waals surface area (Å²) >= 11 is 0. The Kier molecular flexibility index (Phi) is 3.16. The van der Waals surface area contributed by atoms with Crippen molar-refractivity contribution in [1.29, 1.82) is 0 Å². The predicted octanol–water partition coefficient (Wildman–Crippen LogP) is 0.689. The Labute approximate surface area is 84.3 Å². The van der Waals surface area contributed by atoms with Gasteiger partial charge in [-0.3, -0.25) is 4.68 Å². The van der Waals surface area contributed by atoms with Crippen LogP contribution in [0.5, 0.6) is 0 Å². The van der Waals surface area contributed by atoms with Gasteiger partial charge in [0.05, 0.1) is 12.3 Å². The van der Waals surface area contributed by atoms with E-state index >= 15 is 0 Å². The Morgan fingerprint density at radius 2 is 2.64 bits per heavy atom. The fraction of sp³-hybridized carbons (Fsp3) is 0.700. The lowest BCUT2D eigenvalue weighted by Crippen LogP contribution is -2.36. The van der Waals surface area contributed by atoms with E-state index in [0.717, 1.165) is 25.5 Å². The molecule has 1 aliphatic rings. The zero-order valence-corrected chi connectivity index (χ0v) is 8.57. The molecule has 0 aromatic carbocycles. The highest BCUT2D eigenvalue weighted by molar-refractivity contribution is 4.98. The van der Waals surface area contributed by atoms with E-state index in [4.69, 9.17) is 4.74 Å². The third-order valence-corrected chi connectivity index (χ3v) is 2.50. The lowest BCUT2D eigenvalue weighted by molar-refractivity contribution is 0.0698. The summed E-state index contributed by atoms with van der Waals surface area (Å²) in [5, 5.41) is 7.76. The minimum absolute atomic E-state index is 0.505. The molecule has 0 radical (unpaired) electrons. The molecule has 2 rings (SSSR count). The highest BCUT2D eigenvalue weighted by Crippen LogP contribution is 2.06. The summed E-state index contributed by atoms with van der Waals surface area (Å²) in [6.07, 6.45) is 4.35. The Morgan fingerprint density at radius 1 is 1.71 bits per heavy atom. The Balaban J connectivity index is 1.76. The molecule has 1 aliphatic heterocycles. The van der Waals surface area contributed by atoms with E-state index in [9.17, 15) is 0 Å². The fourth-order valence-corrected chi connectivity index (χ4v) is 1.71. The highest BCUT2D eigenvalue weighted by atomic mass is 16.5. The van der Waals surface area contributed by atoms with Crippen molar-refractivity contribution in [2.24, 2.45) is 7.05 Å². The van der Waals surface area contributed by atoms with Crippen LogP contribution in [0.15, 0.2) is 12.3 Å². The van der Waals surface area contributed by atoms with Crippen LogP contribution in [0.2, 0.25) is 0 Å². The van der Waals surface area contributed by atoms with Gasteiger partial charge in [-0.1, -0.05) is 0 Å². The van der Waals surface area contributed by atoms with Crippen molar-refractivity contribution in [3.05, 3.63) is 18.0 Å². The van der Waals surface area contributed by atoms with Crippen LogP contribution in [0.3, 0.4) is 0 Å². The maximum absolute atomic E-state index is 5.39. The van der Waals surface area contributed by atoms with Gasteiger partial charge in [0, 0.05) is 32.4 Å². The lowest BCUT2D eigenvalue weighted by atomic mass is 10.1. The van der Waals surface area contributed by atoms with Crippen LogP contribution in [0.4, 0.5) is 0 Å². The summed E-state index contributed by atoms with van der Waals surface area (Å²) < 4.78 is 7.22. The molecule has 1 aromatic rings. The third-order valence-electron chi connectivity index (χ3n) is 2.50. The molecule has 1 N–H and O–H groups in total. The molecule has 0 amide bonds. The van der Waals surface area contributed by atoms with E-state index in [-0.39, 0.29) is 0 Å². The molecule has 0 bridgehead atoms. The number of nitrogens with one attached hydrogen (secondary N) is 1. The highest BCUT2D eigenvalue weighted by Gasteiger charge is 2.12. The zero-order valence-electron chi connectivity index (χ0n) is 8.57. The van der Waals surface area contributed by atoms with Gasteiger partial charge >= 0.3 is 0 Å². The standard InChI is InChI=1S/C10H17N3O/c1-13-5-4-9(12-13)7-11-10-3-2-6-14-8-10/h4-5,10-11H,2-3,6-8H2,1H3/t10-/m1/s1. The quantitative estimate of drug-likeness (QED) is 0.771. The fourth-order valence-electron chi connectivity index (χ4n) is 1.71. The number of ether oxygens (including phenoxy) is 1. The summed E-state index contributed by atoms with van der Waals surface area (Å²) in [5.41, 5.74) is 1.10. The molecule has 0 unspecified atom stereocenters. The van der Waals surface area contributed by atoms with Gasteiger partial charge in [-0.15, -0.1) is 0 Å². The number of aromatic nitrogens is 2. The van der Waals surface area contributed by atoms with Crippen LogP contribution in [0.1, 0.15) is 18.5 Å². The van der Waals surface area contributed by atoms with Crippen LogP contribution in [-0.4, -0.2) is 29.0 Å². The maximum atomic E-state index is 5.39. The van der Waals surface area contributed by atoms with Crippen LogP contribution in [0.25, 0.3) is 0 Å². The molecule has 1 fully saturated rings. The van der Waals surface area contributed by atoms with Crippen LogP contribution >= 0.6 is 0 Å². The van der Waals surface area contributed by atoms with E-state index in [0.29, 0.717) is 6.04 Å². The minimum Gasteiger partial charge on any atom is -0.380 e. The van der Waals surface area contributed by atoms with E-state index in [1.54, 1.807) is 0 Å². The van der Waals surface area contributed by atoms with Gasteiger partial charge < -0.3 is 10.1 Å². The first-order valence-corrected chi connectivity index (χ1v) is 5.14. The van der Waals surface area contributed by atoms with Crippen molar-refractivity contribution in [1.82, 2.24) is 15.1 Å². The molecule has 4 heteroatoms. The average molecular weight is 195 g/mol. The summed E-state index contributed by atoms with van der Waals surface area (Å²) in [6, 6.07) is 2.54. The Hall–Kier alpha value is -0.870. The second-order valence-electron chi connectivity index (χ2n) is 3.78. The first-order valence-electron chi connectivity index (χ1n) is 5.14. The summed E-state index contributed by atoms with van der Waals surface area (Å²) in [7, 11) is 1.94. The SMILES string of the molecule is Cn1ccc(CN[C@@H]2CCCOC2)n1. The van der Waals surface area contributed by atoms with E-state index in [1.165, 1.54) is 12.8 Å². The van der Waals surface area contributed by atoms with Crippen molar-refractivity contribution < 1.29 is 4.74 Å². The van der Waals surface area contributed by atoms with Crippen LogP contribution < -0.4 is 5.32 Å². The van der Waals surface area contributed by atoms with Gasteiger partial charge in [0.1, 0.15) is 0 Å². The Bertz CT molecular complexity index is 279. The molecule has 0 spiro atoms. The molecule has 2 heterocycles. The molecule has 1 saturated heterocycles. The topological polar surface area (TPSA) is 39.1 Å². The summed E-state index contributed by atoms with van der Waals surface area (Å²) in [4.78, 5) is 0. The minimum atomic E-state index is 0.505. The van der Waals surface area contributed by atoms with Crippen molar-refractivity contribution >= 4 is 0 Å². The number of nitrogens with zero attached hydrogens (tertiary/aromatic N) is 2. The normalized spacial score (nSPS) is 22.5. The smallest absolute Gasteiger partial charge is 0.0762 e. The van der Waals surface area contributed by atoms with Crippen LogP contribution in [0, 0.1) is 0 Å². The van der Waals surface area contributed by atoms with E-state index in [2.05, 4.69) is 10.4 Å². The molecule has 1 aromatic heterocycles. The molecule has 0 aliphatic carbocycles. The maximum Gasteiger partial charge on any atom is 0.0762 e. The zero-order chi connectivity index (χ0) is 9.80. The van der Waals surface area contributed by atoms with Gasteiger partial charge in [-0.2, -0.15) is 5.10 Å². The first kappa shape index (κ1) is 9.68. The number of rotatable bonds is 3. The largest absolute Gasteiger partial charge is 0.380 e. The average Bonchev–Trinajstić information content (AvgIpc) is 2.63. The molecule has 1 atom stereocenters. The molecular formula is C10H17N3O. The molecule has 0 saturated carbocycles. The van der Waals surface area contributed by atoms with Gasteiger partial charge in [0.15, 0.2) is 0 Å². The van der Waals surface area contributed by atoms with Crippen LogP contribution in [-0.2, 0) is 18.3 Å². The molecular weight excluding hydrogens is 178 g/mol. The lowest BCUT2D eigenvalue weighted by Gasteiger charge is -2.22.